The molecule has 2 saturated heterocycles. The van der Waals surface area contributed by atoms with E-state index in [0.717, 1.165) is 24.5 Å². The molecular formula is C43H62O15. The number of aliphatic hydroxyl groups is 2. The Morgan fingerprint density at radius 2 is 1.67 bits per heavy atom. The van der Waals surface area contributed by atoms with E-state index in [0.29, 0.717) is 24.3 Å². The first kappa shape index (κ1) is 48.2. The first-order chi connectivity index (χ1) is 27.3. The van der Waals surface area contributed by atoms with Gasteiger partial charge in [-0.05, 0) is 54.6 Å². The second-order valence-electron chi connectivity index (χ2n) is 15.9. The lowest BCUT2D eigenvalue weighted by Gasteiger charge is -2.49. The van der Waals surface area contributed by atoms with E-state index >= 15 is 0 Å². The minimum absolute atomic E-state index is 0.0567. The summed E-state index contributed by atoms with van der Waals surface area (Å²) in [5.74, 6) is -9.46. The van der Waals surface area contributed by atoms with Crippen molar-refractivity contribution in [1.82, 2.24) is 0 Å². The summed E-state index contributed by atoms with van der Waals surface area (Å²) < 4.78 is 39.1. The molecule has 0 aromatic heterocycles. The van der Waals surface area contributed by atoms with Gasteiger partial charge in [0.2, 0.25) is 23.1 Å². The molecule has 58 heavy (non-hydrogen) atoms. The topological polar surface area (TPSA) is 211 Å². The van der Waals surface area contributed by atoms with E-state index < -0.39 is 84.3 Å². The molecule has 2 aliphatic rings. The van der Waals surface area contributed by atoms with Gasteiger partial charge in [-0.15, -0.1) is 0 Å². The summed E-state index contributed by atoms with van der Waals surface area (Å²) in [5, 5.41) is 35.6. The molecule has 10 atom stereocenters. The Morgan fingerprint density at radius 3 is 2.26 bits per heavy atom. The van der Waals surface area contributed by atoms with Crippen molar-refractivity contribution in [2.75, 3.05) is 26.9 Å². The molecule has 2 fully saturated rings. The number of carbonyl (C=O) groups is 5. The van der Waals surface area contributed by atoms with Crippen LogP contribution in [0.4, 0.5) is 0 Å². The molecule has 1 aromatic carbocycles. The number of carbonyl (C=O) groups excluding carboxylic acids is 4. The summed E-state index contributed by atoms with van der Waals surface area (Å²) in [4.78, 5) is 67.4. The highest BCUT2D eigenvalue weighted by molar-refractivity contribution is 5.99. The Hall–Kier alpha value is -4.15. The van der Waals surface area contributed by atoms with Crippen LogP contribution in [0.25, 0.3) is 0 Å². The third-order valence-electron chi connectivity index (χ3n) is 10.7. The maximum Gasteiger partial charge on any atom is 0.345 e. The molecule has 324 valence electrons. The van der Waals surface area contributed by atoms with Gasteiger partial charge in [0.15, 0.2) is 6.10 Å². The van der Waals surface area contributed by atoms with Crippen LogP contribution in [0.5, 0.6) is 0 Å². The fraction of sp³-hybridized carbons (Fsp3) is 0.651. The van der Waals surface area contributed by atoms with Crippen molar-refractivity contribution in [1.29, 1.82) is 0 Å². The van der Waals surface area contributed by atoms with Crippen molar-refractivity contribution < 1.29 is 72.5 Å². The number of carboxylic acid groups (broad SMARTS) is 1. The van der Waals surface area contributed by atoms with Gasteiger partial charge in [0, 0.05) is 32.4 Å². The second kappa shape index (κ2) is 21.2. The van der Waals surface area contributed by atoms with E-state index in [1.807, 2.05) is 65.0 Å². The molecule has 0 radical (unpaired) electrons. The normalized spacial score (nSPS) is 27.3. The summed E-state index contributed by atoms with van der Waals surface area (Å²) in [6, 6.07) is 9.44. The number of carboxylic acids is 1. The summed E-state index contributed by atoms with van der Waals surface area (Å²) in [7, 11) is 1.31. The first-order valence-corrected chi connectivity index (χ1v) is 19.9. The highest BCUT2D eigenvalue weighted by Gasteiger charge is 2.86. The van der Waals surface area contributed by atoms with Crippen molar-refractivity contribution in [3.63, 3.8) is 0 Å². The number of fused-ring (bicyclic) bond motifs is 2. The fourth-order valence-electron chi connectivity index (χ4n) is 7.36. The van der Waals surface area contributed by atoms with Crippen LogP contribution in [-0.4, -0.2) is 114 Å². The molecule has 4 unspecified atom stereocenters. The van der Waals surface area contributed by atoms with Crippen LogP contribution < -0.4 is 0 Å². The summed E-state index contributed by atoms with van der Waals surface area (Å²) in [5.41, 5.74) is -5.75. The summed E-state index contributed by atoms with van der Waals surface area (Å²) in [6.07, 6.45) is -3.59. The van der Waals surface area contributed by atoms with E-state index in [1.54, 1.807) is 6.08 Å². The monoisotopic (exact) mass is 818 g/mol. The zero-order valence-electron chi connectivity index (χ0n) is 35.0. The van der Waals surface area contributed by atoms with E-state index in [1.165, 1.54) is 14.0 Å². The Bertz CT molecular complexity index is 1610. The molecule has 0 amide bonds. The van der Waals surface area contributed by atoms with Crippen LogP contribution in [-0.2, 0) is 63.6 Å². The SMILES string of the molecule is C=C(CCC12OC(C(=O)OCCC(C)C)C(O)(C(=O)OCCOC)C(C(=O)O)(O1)[C@H](OC(=O)/C=C/[C@@H](C)C[C@@H](C)CC)[C@H]2O)[C@@H](OC(C)=O)[C@H](C)Cc1ccccc1. The van der Waals surface area contributed by atoms with E-state index in [2.05, 4.69) is 13.5 Å². The maximum atomic E-state index is 14.0. The van der Waals surface area contributed by atoms with Gasteiger partial charge in [-0.25, -0.2) is 19.2 Å². The quantitative estimate of drug-likeness (QED) is 0.0457. The smallest absolute Gasteiger partial charge is 0.345 e. The van der Waals surface area contributed by atoms with Crippen LogP contribution >= 0.6 is 0 Å². The second-order valence-corrected chi connectivity index (χ2v) is 15.9. The van der Waals surface area contributed by atoms with Crippen molar-refractivity contribution in [3.8, 4) is 0 Å². The van der Waals surface area contributed by atoms with Crippen LogP contribution in [0.1, 0.15) is 86.1 Å². The predicted octanol–water partition coefficient (Wildman–Crippen LogP) is 4.49. The van der Waals surface area contributed by atoms with Crippen molar-refractivity contribution in [3.05, 3.63) is 60.2 Å². The molecule has 0 spiro atoms. The van der Waals surface area contributed by atoms with Gasteiger partial charge >= 0.3 is 29.8 Å². The van der Waals surface area contributed by atoms with Crippen molar-refractivity contribution >= 4 is 29.8 Å². The largest absolute Gasteiger partial charge is 0.479 e. The third-order valence-corrected chi connectivity index (χ3v) is 10.7. The number of hydrogen-bond acceptors (Lipinski definition) is 14. The lowest BCUT2D eigenvalue weighted by Crippen LogP contribution is -2.78. The molecule has 1 aromatic rings. The third kappa shape index (κ3) is 11.1. The Balaban J connectivity index is 2.15. The van der Waals surface area contributed by atoms with Gasteiger partial charge in [0.25, 0.3) is 0 Å². The fourth-order valence-corrected chi connectivity index (χ4v) is 7.36. The number of methoxy groups -OCH3 is 1. The average molecular weight is 819 g/mol. The van der Waals surface area contributed by atoms with Gasteiger partial charge < -0.3 is 48.5 Å². The molecule has 15 nitrogen and oxygen atoms in total. The summed E-state index contributed by atoms with van der Waals surface area (Å²) in [6.45, 7) is 16.0. The van der Waals surface area contributed by atoms with Gasteiger partial charge in [-0.1, -0.05) is 91.0 Å². The lowest BCUT2D eigenvalue weighted by molar-refractivity contribution is -0.375. The molecule has 0 aliphatic carbocycles. The lowest BCUT2D eigenvalue weighted by atomic mass is 9.74. The number of aliphatic carboxylic acids is 1. The number of hydrogen-bond donors (Lipinski definition) is 3. The number of allylic oxidation sites excluding steroid dienone is 1. The predicted molar refractivity (Wildman–Crippen MR) is 209 cm³/mol. The molecule has 2 bridgehead atoms. The highest BCUT2D eigenvalue weighted by atomic mass is 16.8. The zero-order chi connectivity index (χ0) is 43.4. The highest BCUT2D eigenvalue weighted by Crippen LogP contribution is 2.56. The van der Waals surface area contributed by atoms with Gasteiger partial charge in [-0.2, -0.15) is 0 Å². The molecule has 0 saturated carbocycles. The van der Waals surface area contributed by atoms with Crippen LogP contribution in [0.15, 0.2) is 54.6 Å². The molecule has 3 N–H and O–H groups in total. The summed E-state index contributed by atoms with van der Waals surface area (Å²) >= 11 is 0. The van der Waals surface area contributed by atoms with E-state index in [-0.39, 0.29) is 37.4 Å². The van der Waals surface area contributed by atoms with Crippen LogP contribution in [0.2, 0.25) is 0 Å². The molecule has 3 rings (SSSR count). The number of rotatable bonds is 23. The Labute approximate surface area is 341 Å². The Kier molecular flexibility index (Phi) is 17.6. The standard InChI is InChI=1S/C43H62O15/c1-10-27(4)24-28(5)16-17-33(45)56-36-35(46)41(20-18-29(6)34(55-31(8)44)30(7)25-32-14-12-11-13-15-32)57-37(38(47)53-21-19-26(2)3)42(51,40(50)54-23-22-52-9)43(36,58-41)39(48)49/h11-17,26-28,30,34-37,46,51H,6,10,18-25H2,1-5,7-9H3,(H,48,49)/b17-16+/t27-,28+,30+,34+,35+,36+,37?,41?,42?,43?/m0/s1. The van der Waals surface area contributed by atoms with E-state index in [4.69, 9.17) is 33.2 Å². The van der Waals surface area contributed by atoms with Crippen molar-refractivity contribution in [2.45, 2.75) is 128 Å². The van der Waals surface area contributed by atoms with Gasteiger partial charge in [0.05, 0.1) is 13.2 Å². The maximum absolute atomic E-state index is 14.0. The van der Waals surface area contributed by atoms with E-state index in [9.17, 15) is 39.3 Å². The zero-order valence-corrected chi connectivity index (χ0v) is 35.0. The Morgan fingerprint density at radius 1 is 1.00 bits per heavy atom. The average Bonchev–Trinajstić information content (AvgIpc) is 3.38. The molecular weight excluding hydrogens is 756 g/mol. The number of ether oxygens (including phenoxy) is 7. The molecule has 2 aliphatic heterocycles. The first-order valence-electron chi connectivity index (χ1n) is 19.9. The minimum atomic E-state index is -3.61. The van der Waals surface area contributed by atoms with Crippen molar-refractivity contribution in [2.24, 2.45) is 23.7 Å². The number of esters is 4. The van der Waals surface area contributed by atoms with Gasteiger partial charge in [0.1, 0.15) is 18.8 Å². The van der Waals surface area contributed by atoms with Gasteiger partial charge in [-0.3, -0.25) is 4.79 Å². The van der Waals surface area contributed by atoms with Crippen LogP contribution in [0, 0.1) is 23.7 Å². The number of aliphatic hydroxyl groups excluding tert-OH is 1. The molecule has 2 heterocycles. The van der Waals surface area contributed by atoms with Crippen LogP contribution in [0.3, 0.4) is 0 Å². The minimum Gasteiger partial charge on any atom is -0.479 e. The number of benzene rings is 1. The molecule has 15 heteroatoms.